The Hall–Kier alpha value is -2.21. The van der Waals surface area contributed by atoms with Crippen LogP contribution in [0, 0.1) is 210 Å². The van der Waals surface area contributed by atoms with Gasteiger partial charge in [-0.05, 0) is 260 Å². The highest BCUT2D eigenvalue weighted by Crippen LogP contribution is 3.10. The van der Waals surface area contributed by atoms with Gasteiger partial charge in [-0.3, -0.25) is 28.3 Å². The number of allylic oxidation sites excluding steroid dienone is 4. The predicted octanol–water partition coefficient (Wildman–Crippen LogP) is 5.91. The zero-order chi connectivity index (χ0) is 61.1. The molecule has 20 aliphatic carbocycles. The average Bonchev–Trinajstić information content (AvgIpc) is 1.36. The Morgan fingerprint density at radius 3 is 1.88 bits per heavy atom. The van der Waals surface area contributed by atoms with E-state index in [4.69, 9.17) is 18.9 Å². The third-order valence-electron chi connectivity index (χ3n) is 33.1. The highest BCUT2D eigenvalue weighted by molar-refractivity contribution is 7.52. The molecule has 0 amide bonds. The van der Waals surface area contributed by atoms with Gasteiger partial charge >= 0.3 is 55.0 Å². The summed E-state index contributed by atoms with van der Waals surface area (Å²) in [6.07, 6.45) is 15.0. The van der Waals surface area contributed by atoms with E-state index in [-0.39, 0.29) is 129 Å². The second kappa shape index (κ2) is 17.5. The number of fused-ring (bicyclic) bond motifs is 1. The van der Waals surface area contributed by atoms with Gasteiger partial charge in [-0.25, -0.2) is 9.65 Å². The van der Waals surface area contributed by atoms with Crippen LogP contribution in [0.15, 0.2) is 23.8 Å². The zero-order valence-electron chi connectivity index (χ0n) is 49.8. The van der Waals surface area contributed by atoms with Gasteiger partial charge in [0.05, 0.1) is 32.1 Å². The van der Waals surface area contributed by atoms with E-state index >= 15 is 19.2 Å². The molecule has 9 N–H and O–H groups in total. The number of hydrogen-bond acceptors (Lipinski definition) is 12. The van der Waals surface area contributed by atoms with Crippen molar-refractivity contribution in [1.29, 1.82) is 0 Å². The number of esters is 4. The Labute approximate surface area is 516 Å². The summed E-state index contributed by atoms with van der Waals surface area (Å²) in [6, 6.07) is 0. The summed E-state index contributed by atoms with van der Waals surface area (Å²) in [4.78, 5) is 135. The fourth-order valence-corrected chi connectivity index (χ4v) is 35.9. The Morgan fingerprint density at radius 1 is 0.618 bits per heavy atom. The minimum absolute atomic E-state index is 0.00595. The van der Waals surface area contributed by atoms with Crippen LogP contribution in [-0.2, 0) is 56.4 Å². The topological polar surface area (TPSA) is 339 Å². The minimum Gasteiger partial charge on any atom is -0.465 e. The fourth-order valence-electron chi connectivity index (χ4n) is 34.2. The number of rotatable bonds is 21. The summed E-state index contributed by atoms with van der Waals surface area (Å²) in [5.41, 5.74) is -5.23. The van der Waals surface area contributed by atoms with E-state index < -0.39 is 99.8 Å². The van der Waals surface area contributed by atoms with E-state index in [1.54, 1.807) is 0 Å². The van der Waals surface area contributed by atoms with Crippen LogP contribution in [-0.4, -0.2) is 110 Å². The molecule has 0 saturated heterocycles. The van der Waals surface area contributed by atoms with Gasteiger partial charge < -0.3 is 48.3 Å². The molecule has 20 rings (SSSR count). The van der Waals surface area contributed by atoms with E-state index in [1.165, 1.54) is 5.57 Å². The molecule has 18 saturated carbocycles. The van der Waals surface area contributed by atoms with Crippen LogP contribution in [0.5, 0.6) is 0 Å². The van der Waals surface area contributed by atoms with E-state index in [9.17, 15) is 52.5 Å². The second-order valence-corrected chi connectivity index (χ2v) is 39.4. The standard InChI is InChI=1S/C64H82N2O19P4/c1-59(55(67)84-14-10-65-86(71)72,56(68)85-15-11-66-89(79,80)81)61-9-7-26-20-27-19-25-6-8-60-23-30-22-29-21-28-18-24-4-5-31(61)37-32(24)38-34(28)47-49-45-42(38)41(37)48-44-40(36(26)53(48)61)33(27)39-35(25)52(60)50(46(39)43(44)45)54(49)62(51(29)47)63(64(30,60)62,57(69)82-12-2-16-87(73,74)75)58(70)83-13-3-17-88(76,77)78/h6,8,21,24-28,30-54H,2-5,7,9-20,22-23H2,1H3,(H8-,65,66,71,72,73,74,75,76,77,78,79,80,81)/p+1. The molecule has 0 radical (unpaired) electrons. The number of carbonyl (C=O) groups is 4. The van der Waals surface area contributed by atoms with Crippen LogP contribution in [0.4, 0.5) is 0 Å². The Bertz CT molecular complexity index is 3490. The zero-order valence-corrected chi connectivity index (χ0v) is 53.4. The van der Waals surface area contributed by atoms with Crippen molar-refractivity contribution >= 4 is 55.0 Å². The largest absolute Gasteiger partial charge is 0.610 e. The van der Waals surface area contributed by atoms with Crippen molar-refractivity contribution in [2.45, 2.75) is 77.6 Å². The van der Waals surface area contributed by atoms with Crippen molar-refractivity contribution in [3.05, 3.63) is 23.8 Å². The third kappa shape index (κ3) is 5.96. The first-order valence-corrected chi connectivity index (χ1v) is 40.7. The first-order chi connectivity index (χ1) is 42.4. The molecule has 20 aliphatic rings. The van der Waals surface area contributed by atoms with Crippen molar-refractivity contribution in [1.82, 2.24) is 10.2 Å². The van der Waals surface area contributed by atoms with Gasteiger partial charge in [0.25, 0.3) is 0 Å². The highest BCUT2D eigenvalue weighted by atomic mass is 31.2. The first-order valence-electron chi connectivity index (χ1n) is 34.3. The maximum Gasteiger partial charge on any atom is 0.610 e. The Balaban J connectivity index is 0.808. The Kier molecular flexibility index (Phi) is 11.2. The van der Waals surface area contributed by atoms with Gasteiger partial charge in [-0.1, -0.05) is 28.9 Å². The monoisotopic (exact) mass is 1310 g/mol. The summed E-state index contributed by atoms with van der Waals surface area (Å²) < 4.78 is 74.3. The molecule has 36 atom stereocenters. The summed E-state index contributed by atoms with van der Waals surface area (Å²) in [6.45, 7) is 0.243. The van der Waals surface area contributed by atoms with Crippen molar-refractivity contribution in [2.24, 2.45) is 210 Å². The van der Waals surface area contributed by atoms with Crippen LogP contribution >= 0.6 is 31.1 Å². The normalized spacial score (nSPS) is 55.8. The molecule has 0 aliphatic heterocycles. The van der Waals surface area contributed by atoms with Crippen molar-refractivity contribution < 1.29 is 90.6 Å². The molecule has 0 bridgehead atoms. The lowest BCUT2D eigenvalue weighted by molar-refractivity contribution is -0.260. The SMILES string of the molecule is CC(C(=O)OCCN[P+](=O)O)(C(=O)OCCNP(=O)(O)O)C12CCC3CC4CC5C=CC67CC8CC9=CC%10CC%11CCC1C1C%11C%11C%10C%10C%12C%13C%11C1C1C%11C%13C%13C(C4C%11C3C12)C5C6C%13C%12C1(C9%10)C(C(=O)OCCCP(=O)(O)O)(C(=O)OCCCP(=O)(O)O)C871. The molecule has 0 aromatic heterocycles. The summed E-state index contributed by atoms with van der Waals surface area (Å²) in [7, 11) is -16.3. The van der Waals surface area contributed by atoms with Crippen LogP contribution in [0.3, 0.4) is 0 Å². The maximum atomic E-state index is 16.6. The maximum absolute atomic E-state index is 16.6. The van der Waals surface area contributed by atoms with Gasteiger partial charge in [0.1, 0.15) is 13.2 Å². The number of nitrogens with one attached hydrogen (secondary N) is 2. The summed E-state index contributed by atoms with van der Waals surface area (Å²) in [5.74, 6) is 5.34. The number of carbonyl (C=O) groups excluding carboxylic acids is 4. The summed E-state index contributed by atoms with van der Waals surface area (Å²) in [5, 5.41) is 4.68. The third-order valence-corrected chi connectivity index (χ3v) is 36.0. The van der Waals surface area contributed by atoms with Gasteiger partial charge in [-0.2, -0.15) is 0 Å². The predicted molar refractivity (Wildman–Crippen MR) is 309 cm³/mol. The van der Waals surface area contributed by atoms with E-state index in [1.807, 2.05) is 6.92 Å². The molecule has 25 heteroatoms. The van der Waals surface area contributed by atoms with E-state index in [0.717, 1.165) is 51.4 Å². The molecule has 3 spiro atoms. The van der Waals surface area contributed by atoms with Gasteiger partial charge in [0.15, 0.2) is 10.8 Å². The quantitative estimate of drug-likeness (QED) is 0.0161. The van der Waals surface area contributed by atoms with Crippen LogP contribution < -0.4 is 10.2 Å². The molecule has 482 valence electrons. The molecule has 36 unspecified atom stereocenters. The molecule has 0 heterocycles. The van der Waals surface area contributed by atoms with E-state index in [2.05, 4.69) is 28.4 Å². The van der Waals surface area contributed by atoms with Crippen molar-refractivity contribution in [2.75, 3.05) is 51.8 Å². The number of hydrogen-bond donors (Lipinski definition) is 9. The van der Waals surface area contributed by atoms with Crippen LogP contribution in [0.2, 0.25) is 0 Å². The van der Waals surface area contributed by atoms with Crippen molar-refractivity contribution in [3.63, 3.8) is 0 Å². The summed E-state index contributed by atoms with van der Waals surface area (Å²) >= 11 is 0. The van der Waals surface area contributed by atoms with Crippen LogP contribution in [0.25, 0.3) is 0 Å². The lowest BCUT2D eigenvalue weighted by Crippen LogP contribution is -2.71. The molecule has 18 fully saturated rings. The molecule has 0 aromatic carbocycles. The molecule has 21 nitrogen and oxygen atoms in total. The van der Waals surface area contributed by atoms with Gasteiger partial charge in [-0.15, -0.1) is 4.89 Å². The van der Waals surface area contributed by atoms with Gasteiger partial charge in [0, 0.05) is 28.2 Å². The van der Waals surface area contributed by atoms with Crippen molar-refractivity contribution in [3.8, 4) is 0 Å². The number of ether oxygens (including phenoxy) is 4. The smallest absolute Gasteiger partial charge is 0.465 e. The molecule has 89 heavy (non-hydrogen) atoms. The minimum atomic E-state index is -4.68. The second-order valence-electron chi connectivity index (χ2n) is 33.6. The lowest BCUT2D eigenvalue weighted by Gasteiger charge is -2.73. The fraction of sp³-hybridized carbons (Fsp3) is 0.875. The molecule has 0 aromatic rings. The first kappa shape index (κ1) is 57.1. The highest BCUT2D eigenvalue weighted by Gasteiger charge is 3.13. The van der Waals surface area contributed by atoms with Crippen LogP contribution in [0.1, 0.15) is 77.6 Å². The average molecular weight is 1310 g/mol. The lowest BCUT2D eigenvalue weighted by atomic mass is 9.30. The van der Waals surface area contributed by atoms with Gasteiger partial charge in [0.2, 0.25) is 0 Å². The molecular weight excluding hydrogens is 1220 g/mol. The Morgan fingerprint density at radius 2 is 1.20 bits per heavy atom. The molecular formula is C64H83N2O19P4+. The van der Waals surface area contributed by atoms with E-state index in [0.29, 0.717) is 107 Å².